The van der Waals surface area contributed by atoms with Crippen LogP contribution in [0.25, 0.3) is 0 Å². The first kappa shape index (κ1) is 98.0. The Morgan fingerprint density at radius 3 is 1.63 bits per heavy atom. The number of carbonyl (C=O) groups is 15. The highest BCUT2D eigenvalue weighted by Gasteiger charge is 2.49. The molecule has 4 rings (SSSR count). The number of aromatic hydroxyl groups is 1. The number of benzene rings is 1. The highest BCUT2D eigenvalue weighted by Crippen LogP contribution is 2.25. The van der Waals surface area contributed by atoms with Gasteiger partial charge in [0.15, 0.2) is 0 Å². The van der Waals surface area contributed by atoms with Gasteiger partial charge in [0.1, 0.15) is 83.9 Å². The van der Waals surface area contributed by atoms with Crippen molar-refractivity contribution < 1.29 is 122 Å². The average molecular weight is 1630 g/mol. The number of phenols is 1. The number of nitrogens with two attached hydrogens (primary N) is 1. The van der Waals surface area contributed by atoms with Crippen LogP contribution in [0, 0.1) is 5.92 Å². The van der Waals surface area contributed by atoms with Crippen molar-refractivity contribution in [1.29, 1.82) is 0 Å². The van der Waals surface area contributed by atoms with E-state index in [1.54, 1.807) is 20.8 Å². The molecule has 3 aliphatic rings. The lowest BCUT2D eigenvalue weighted by Crippen LogP contribution is -2.64. The Morgan fingerprint density at radius 1 is 0.574 bits per heavy atom. The van der Waals surface area contributed by atoms with Crippen LogP contribution in [0.4, 0.5) is 4.79 Å². The van der Waals surface area contributed by atoms with Crippen LogP contribution in [-0.4, -0.2) is 287 Å². The first-order chi connectivity index (χ1) is 53.9. The fourth-order valence-corrected chi connectivity index (χ4v) is 13.3. The standard InChI is InChI=1S/C76H124N14O25/c1-12-13-14-15-16-17-18-19-20-21-22-24-48-35-55(100)83-58(41(5)91)68(106)80-40(4)64(102)82-50(33-45-26-28-46(95)29-27-45)65(103)85-57(39(2)3)72(110)90-38-47(96)34-51(90)66(104)86-60(43(7)93)70(108)87-61(44(8)94)73(111)89-32-30-52(97)63(89)71(109)88-62(53(98)36-54(77)99)67(105)79-37-56(101)84-59(42(6)92)69(107)81-49(74(112)114-48)25-23-31-78-75(113)115-76(9,10)11/h26-29,39-44,47-53,57-63,91-98H,12-25,30-38H2,1-11H3,(H2,77,99)(H,78,113)(H,79,105)(H,80,106)(H,81,107)(H,82,102)(H,83,100)(H,84,101)(H,85,103)(H,86,104)(H,87,108)(H,88,109)/t40-,41-,42-,43-,44-,47-,48-,49+,50+,51+,52+,53-,57+,58-,59-,60-,61+,62+,63+/m1/s1. The zero-order valence-corrected chi connectivity index (χ0v) is 67.6. The number of phenolic OH excluding ortho intramolecular Hbond substituents is 1. The van der Waals surface area contributed by atoms with Gasteiger partial charge < -0.3 is 124 Å². The van der Waals surface area contributed by atoms with Crippen molar-refractivity contribution in [2.45, 2.75) is 319 Å². The molecule has 3 saturated heterocycles. The number of ether oxygens (including phenoxy) is 2. The molecule has 39 nitrogen and oxygen atoms in total. The third-order valence-corrected chi connectivity index (χ3v) is 19.6. The molecule has 648 valence electrons. The number of primary amides is 1. The number of alkyl carbamates (subject to hydrolysis) is 1. The van der Waals surface area contributed by atoms with Crippen LogP contribution in [0.5, 0.6) is 5.75 Å². The zero-order chi connectivity index (χ0) is 86.3. The second-order valence-corrected chi connectivity index (χ2v) is 31.3. The minimum Gasteiger partial charge on any atom is -0.508 e. The number of hydrogen-bond acceptors (Lipinski definition) is 25. The van der Waals surface area contributed by atoms with Crippen molar-refractivity contribution in [3.63, 3.8) is 0 Å². The molecule has 3 aliphatic heterocycles. The van der Waals surface area contributed by atoms with Crippen LogP contribution in [-0.2, 0) is 83.0 Å². The number of unbranched alkanes of at least 4 members (excludes halogenated alkanes) is 10. The largest absolute Gasteiger partial charge is 0.508 e. The SMILES string of the molecule is CCCCCCCCCCCCC[C@@H]1CC(=O)N[C@H]([C@@H](C)O)C(=O)N[C@H](C)C(=O)N[C@@H](Cc2ccc(O)cc2)C(=O)N[C@@H](C(C)C)C(=O)N2C[C@H](O)C[C@H]2C(=O)N[C@H]([C@@H](C)O)C(=O)N[C@@H]([C@@H](C)O)C(=O)N2CC[C@H](O)[C@H]2C(=O)N[C@@H]([C@H](O)CC(N)=O)C(=O)NCC(=O)N[C@H]([C@@H](C)O)C(=O)N[C@@H](CCCNC(=O)OC(C)(C)C)C(=O)O1. The first-order valence-corrected chi connectivity index (χ1v) is 39.5. The van der Waals surface area contributed by atoms with Crippen LogP contribution < -0.4 is 64.2 Å². The zero-order valence-electron chi connectivity index (χ0n) is 67.6. The number of carbonyl (C=O) groups excluding carboxylic acids is 15. The third kappa shape index (κ3) is 32.7. The predicted octanol–water partition coefficient (Wildman–Crippen LogP) is -3.91. The molecule has 115 heavy (non-hydrogen) atoms. The second kappa shape index (κ2) is 47.6. The van der Waals surface area contributed by atoms with Crippen LogP contribution >= 0.6 is 0 Å². The Kier molecular flexibility index (Phi) is 40.5. The van der Waals surface area contributed by atoms with Gasteiger partial charge in [-0.15, -0.1) is 0 Å². The van der Waals surface area contributed by atoms with E-state index in [-0.39, 0.29) is 44.4 Å². The van der Waals surface area contributed by atoms with Gasteiger partial charge in [0.25, 0.3) is 0 Å². The summed E-state index contributed by atoms with van der Waals surface area (Å²) in [5.41, 5.74) is 4.79. The van der Waals surface area contributed by atoms with Crippen LogP contribution in [0.15, 0.2) is 24.3 Å². The fraction of sp³-hybridized carbons (Fsp3) is 0.724. The maximum absolute atomic E-state index is 14.8. The maximum Gasteiger partial charge on any atom is 0.407 e. The first-order valence-electron chi connectivity index (χ1n) is 39.5. The van der Waals surface area contributed by atoms with Crippen molar-refractivity contribution in [3.8, 4) is 5.75 Å². The molecule has 0 radical (unpaired) electrons. The van der Waals surface area contributed by atoms with Gasteiger partial charge in [-0.2, -0.15) is 0 Å². The highest BCUT2D eigenvalue weighted by atomic mass is 16.6. The minimum absolute atomic E-state index is 0.0170. The van der Waals surface area contributed by atoms with Gasteiger partial charge in [-0.05, 0) is 111 Å². The predicted molar refractivity (Wildman–Crippen MR) is 411 cm³/mol. The quantitative estimate of drug-likeness (QED) is 0.0311. The van der Waals surface area contributed by atoms with Gasteiger partial charge in [0, 0.05) is 32.5 Å². The van der Waals surface area contributed by atoms with Gasteiger partial charge in [-0.25, -0.2) is 9.59 Å². The lowest BCUT2D eigenvalue weighted by Gasteiger charge is -2.34. The van der Waals surface area contributed by atoms with Crippen LogP contribution in [0.3, 0.4) is 0 Å². The number of nitrogens with one attached hydrogen (secondary N) is 11. The fourth-order valence-electron chi connectivity index (χ4n) is 13.3. The summed E-state index contributed by atoms with van der Waals surface area (Å²) in [6.07, 6.45) is -7.80. The smallest absolute Gasteiger partial charge is 0.407 e. The molecule has 3 fully saturated rings. The molecule has 0 unspecified atom stereocenters. The van der Waals surface area contributed by atoms with Gasteiger partial charge in [-0.1, -0.05) is 97.1 Å². The molecule has 0 aromatic heterocycles. The topological polar surface area (TPSA) is 601 Å². The third-order valence-electron chi connectivity index (χ3n) is 19.6. The van der Waals surface area contributed by atoms with Crippen molar-refractivity contribution in [1.82, 2.24) is 68.3 Å². The van der Waals surface area contributed by atoms with E-state index in [0.29, 0.717) is 23.3 Å². The normalized spacial score (nSPS) is 27.2. The molecular weight excluding hydrogens is 1510 g/mol. The Hall–Kier alpha value is -9.41. The number of nitrogens with zero attached hydrogens (tertiary/aromatic N) is 2. The molecular formula is C76H124N14O25. The summed E-state index contributed by atoms with van der Waals surface area (Å²) in [6.45, 7) is 13.3. The number of esters is 1. The van der Waals surface area contributed by atoms with Gasteiger partial charge >= 0.3 is 12.1 Å². The number of hydrogen-bond donors (Lipinski definition) is 20. The van der Waals surface area contributed by atoms with Gasteiger partial charge in [-0.3, -0.25) is 62.3 Å². The van der Waals surface area contributed by atoms with E-state index in [4.69, 9.17) is 15.2 Å². The summed E-state index contributed by atoms with van der Waals surface area (Å²) < 4.78 is 11.3. The monoisotopic (exact) mass is 1630 g/mol. The molecule has 0 spiro atoms. The van der Waals surface area contributed by atoms with Crippen molar-refractivity contribution in [2.75, 3.05) is 26.2 Å². The Labute approximate surface area is 669 Å². The summed E-state index contributed by atoms with van der Waals surface area (Å²) in [7, 11) is 0. The highest BCUT2D eigenvalue weighted by molar-refractivity contribution is 6.00. The van der Waals surface area contributed by atoms with Crippen molar-refractivity contribution in [2.24, 2.45) is 11.7 Å². The molecule has 1 aromatic rings. The molecule has 14 amide bonds. The number of cyclic esters (lactones) is 1. The summed E-state index contributed by atoms with van der Waals surface area (Å²) >= 11 is 0. The Morgan fingerprint density at radius 2 is 1.08 bits per heavy atom. The van der Waals surface area contributed by atoms with E-state index in [9.17, 15) is 113 Å². The molecule has 0 saturated carbocycles. The van der Waals surface area contributed by atoms with E-state index in [0.717, 1.165) is 90.4 Å². The number of rotatable bonds is 26. The summed E-state index contributed by atoms with van der Waals surface area (Å²) in [4.78, 5) is 213. The van der Waals surface area contributed by atoms with Crippen LogP contribution in [0.2, 0.25) is 0 Å². The van der Waals surface area contributed by atoms with Gasteiger partial charge in [0.05, 0.1) is 62.1 Å². The van der Waals surface area contributed by atoms with Crippen LogP contribution in [0.1, 0.15) is 197 Å². The summed E-state index contributed by atoms with van der Waals surface area (Å²) in [5.74, 6) is -17.5. The molecule has 0 bridgehead atoms. The number of fused-ring (bicyclic) bond motifs is 2. The number of aliphatic hydroxyl groups is 7. The lowest BCUT2D eigenvalue weighted by molar-refractivity contribution is -0.155. The van der Waals surface area contributed by atoms with E-state index in [1.807, 2.05) is 0 Å². The second-order valence-electron chi connectivity index (χ2n) is 31.3. The summed E-state index contributed by atoms with van der Waals surface area (Å²) in [5, 5.41) is 114. The molecule has 19 atom stereocenters. The van der Waals surface area contributed by atoms with Crippen molar-refractivity contribution >= 4 is 88.9 Å². The number of amides is 14. The van der Waals surface area contributed by atoms with E-state index < -0.39 is 255 Å². The number of aliphatic hydroxyl groups excluding tert-OH is 7. The molecule has 39 heteroatoms. The Balaban J connectivity index is 1.84. The van der Waals surface area contributed by atoms with E-state index in [1.165, 1.54) is 45.0 Å². The molecule has 1 aromatic carbocycles. The molecule has 3 heterocycles. The summed E-state index contributed by atoms with van der Waals surface area (Å²) in [6, 6.07) is -14.7. The van der Waals surface area contributed by atoms with Gasteiger partial charge in [0.2, 0.25) is 76.8 Å². The van der Waals surface area contributed by atoms with E-state index in [2.05, 4.69) is 65.4 Å². The van der Waals surface area contributed by atoms with Crippen molar-refractivity contribution in [3.05, 3.63) is 29.8 Å². The molecule has 21 N–H and O–H groups in total. The molecule has 0 aliphatic carbocycles. The minimum atomic E-state index is -2.25. The van der Waals surface area contributed by atoms with E-state index >= 15 is 0 Å². The Bertz CT molecular complexity index is 3450. The maximum atomic E-state index is 14.8. The lowest BCUT2D eigenvalue weighted by atomic mass is 9.99. The average Bonchev–Trinajstić information content (AvgIpc) is 1.16.